The fourth-order valence-corrected chi connectivity index (χ4v) is 2.39. The van der Waals surface area contributed by atoms with Gasteiger partial charge in [-0.2, -0.15) is 0 Å². The van der Waals surface area contributed by atoms with Crippen LogP contribution in [0.25, 0.3) is 0 Å². The average molecular weight is 268 g/mol. The molecule has 2 rings (SSSR count). The summed E-state index contributed by atoms with van der Waals surface area (Å²) in [6.45, 7) is 5.62. The van der Waals surface area contributed by atoms with Crippen LogP contribution in [0, 0.1) is 5.92 Å². The quantitative estimate of drug-likeness (QED) is 0.699. The second-order valence-corrected chi connectivity index (χ2v) is 5.77. The van der Waals surface area contributed by atoms with Crippen molar-refractivity contribution in [1.82, 2.24) is 10.2 Å². The molecule has 1 saturated carbocycles. The summed E-state index contributed by atoms with van der Waals surface area (Å²) in [5, 5.41) is 2.82. The Bertz CT molecular complexity index is 340. The van der Waals surface area contributed by atoms with Gasteiger partial charge in [0.25, 0.3) is 0 Å². The lowest BCUT2D eigenvalue weighted by molar-refractivity contribution is -0.145. The summed E-state index contributed by atoms with van der Waals surface area (Å²) < 4.78 is 5.47. The number of hydrogen-bond donors (Lipinski definition) is 1. The van der Waals surface area contributed by atoms with Crippen LogP contribution in [0.1, 0.15) is 39.5 Å². The highest BCUT2D eigenvalue weighted by Crippen LogP contribution is 2.34. The third kappa shape index (κ3) is 4.20. The highest BCUT2D eigenvalue weighted by molar-refractivity contribution is 5.95. The maximum Gasteiger partial charge on any atom is 0.245 e. The maximum atomic E-state index is 12.2. The molecule has 1 heterocycles. The number of nitrogens with one attached hydrogen (secondary N) is 1. The molecule has 1 unspecified atom stereocenters. The molecular weight excluding hydrogens is 244 g/mol. The molecule has 2 amide bonds. The zero-order valence-electron chi connectivity index (χ0n) is 11.9. The van der Waals surface area contributed by atoms with E-state index < -0.39 is 0 Å². The van der Waals surface area contributed by atoms with Gasteiger partial charge in [-0.15, -0.1) is 0 Å². The summed E-state index contributed by atoms with van der Waals surface area (Å²) in [7, 11) is 0. The molecule has 1 N–H and O–H groups in total. The van der Waals surface area contributed by atoms with Crippen molar-refractivity contribution in [2.45, 2.75) is 51.7 Å². The third-order valence-electron chi connectivity index (χ3n) is 3.60. The molecule has 1 atom stereocenters. The van der Waals surface area contributed by atoms with Gasteiger partial charge in [-0.25, -0.2) is 0 Å². The van der Waals surface area contributed by atoms with Crippen molar-refractivity contribution in [1.29, 1.82) is 0 Å². The number of ether oxygens (including phenoxy) is 1. The van der Waals surface area contributed by atoms with Crippen molar-refractivity contribution in [2.24, 2.45) is 5.92 Å². The van der Waals surface area contributed by atoms with Crippen LogP contribution in [0.2, 0.25) is 0 Å². The Hall–Kier alpha value is -1.10. The zero-order valence-corrected chi connectivity index (χ0v) is 11.9. The van der Waals surface area contributed by atoms with Crippen LogP contribution in [-0.4, -0.2) is 48.6 Å². The van der Waals surface area contributed by atoms with Crippen LogP contribution < -0.4 is 5.32 Å². The van der Waals surface area contributed by atoms with Gasteiger partial charge in [-0.3, -0.25) is 9.59 Å². The molecular formula is C14H24N2O3. The van der Waals surface area contributed by atoms with Gasteiger partial charge in [0.1, 0.15) is 6.04 Å². The van der Waals surface area contributed by atoms with Gasteiger partial charge in [0.15, 0.2) is 0 Å². The van der Waals surface area contributed by atoms with Crippen LogP contribution >= 0.6 is 0 Å². The van der Waals surface area contributed by atoms with Gasteiger partial charge >= 0.3 is 0 Å². The van der Waals surface area contributed by atoms with Gasteiger partial charge in [-0.1, -0.05) is 0 Å². The van der Waals surface area contributed by atoms with E-state index in [4.69, 9.17) is 4.74 Å². The topological polar surface area (TPSA) is 58.6 Å². The summed E-state index contributed by atoms with van der Waals surface area (Å²) in [5.41, 5.74) is 0. The fourth-order valence-electron chi connectivity index (χ4n) is 2.39. The molecule has 5 heteroatoms. The van der Waals surface area contributed by atoms with Crippen molar-refractivity contribution in [3.63, 3.8) is 0 Å². The van der Waals surface area contributed by atoms with Gasteiger partial charge in [0.2, 0.25) is 11.8 Å². The predicted octanol–water partition coefficient (Wildman–Crippen LogP) is 0.929. The normalized spacial score (nSPS) is 23.9. The molecule has 0 bridgehead atoms. The third-order valence-corrected chi connectivity index (χ3v) is 3.60. The van der Waals surface area contributed by atoms with Crippen LogP contribution in [0.4, 0.5) is 0 Å². The van der Waals surface area contributed by atoms with E-state index in [1.54, 1.807) is 4.90 Å². The van der Waals surface area contributed by atoms with Gasteiger partial charge in [-0.05, 0) is 45.4 Å². The largest absolute Gasteiger partial charge is 0.379 e. The smallest absolute Gasteiger partial charge is 0.245 e. The minimum atomic E-state index is -0.256. The van der Waals surface area contributed by atoms with E-state index in [0.29, 0.717) is 12.5 Å². The number of amides is 2. The molecule has 1 aliphatic heterocycles. The number of unbranched alkanes of at least 4 members (excludes halogenated alkanes) is 1. The van der Waals surface area contributed by atoms with E-state index >= 15 is 0 Å². The zero-order chi connectivity index (χ0) is 13.8. The number of rotatable bonds is 7. The SMILES string of the molecule is CC(C)OCCCCN1CC(=O)NC(C2CC2)C1=O. The first kappa shape index (κ1) is 14.3. The Labute approximate surface area is 114 Å². The van der Waals surface area contributed by atoms with E-state index in [9.17, 15) is 9.59 Å². The Morgan fingerprint density at radius 2 is 2.05 bits per heavy atom. The number of carbonyl (C=O) groups is 2. The second-order valence-electron chi connectivity index (χ2n) is 5.77. The molecule has 19 heavy (non-hydrogen) atoms. The van der Waals surface area contributed by atoms with Crippen LogP contribution in [0.3, 0.4) is 0 Å². The maximum absolute atomic E-state index is 12.2. The molecule has 0 aromatic heterocycles. The van der Waals surface area contributed by atoms with Gasteiger partial charge in [0.05, 0.1) is 12.6 Å². The predicted molar refractivity (Wildman–Crippen MR) is 71.6 cm³/mol. The average Bonchev–Trinajstić information content (AvgIpc) is 3.16. The minimum absolute atomic E-state index is 0.0186. The van der Waals surface area contributed by atoms with Crippen molar-refractivity contribution in [2.75, 3.05) is 19.7 Å². The molecule has 0 aromatic carbocycles. The summed E-state index contributed by atoms with van der Waals surface area (Å²) in [6.07, 6.45) is 4.20. The van der Waals surface area contributed by atoms with E-state index in [-0.39, 0.29) is 30.5 Å². The van der Waals surface area contributed by atoms with Crippen LogP contribution in [0.15, 0.2) is 0 Å². The monoisotopic (exact) mass is 268 g/mol. The Kier molecular flexibility index (Phi) is 4.80. The molecule has 1 saturated heterocycles. The van der Waals surface area contributed by atoms with E-state index in [2.05, 4.69) is 5.32 Å². The highest BCUT2D eigenvalue weighted by Gasteiger charge is 2.42. The van der Waals surface area contributed by atoms with Crippen LogP contribution in [0.5, 0.6) is 0 Å². The molecule has 0 radical (unpaired) electrons. The van der Waals surface area contributed by atoms with Crippen molar-refractivity contribution >= 4 is 11.8 Å². The standard InChI is InChI=1S/C14H24N2O3/c1-10(2)19-8-4-3-7-16-9-12(17)15-13(14(16)18)11-5-6-11/h10-11,13H,3-9H2,1-2H3,(H,15,17). The number of nitrogens with zero attached hydrogens (tertiary/aromatic N) is 1. The minimum Gasteiger partial charge on any atom is -0.379 e. The fraction of sp³-hybridized carbons (Fsp3) is 0.857. The lowest BCUT2D eigenvalue weighted by Crippen LogP contribution is -2.58. The van der Waals surface area contributed by atoms with Gasteiger partial charge in [0, 0.05) is 13.2 Å². The van der Waals surface area contributed by atoms with Crippen LogP contribution in [-0.2, 0) is 14.3 Å². The number of carbonyl (C=O) groups excluding carboxylic acids is 2. The first-order valence-electron chi connectivity index (χ1n) is 7.27. The molecule has 0 aromatic rings. The highest BCUT2D eigenvalue weighted by atomic mass is 16.5. The Morgan fingerprint density at radius 3 is 2.68 bits per heavy atom. The summed E-state index contributed by atoms with van der Waals surface area (Å²) >= 11 is 0. The first-order valence-corrected chi connectivity index (χ1v) is 7.27. The summed E-state index contributed by atoms with van der Waals surface area (Å²) in [6, 6.07) is -0.256. The van der Waals surface area contributed by atoms with E-state index in [0.717, 1.165) is 32.3 Å². The molecule has 0 spiro atoms. The van der Waals surface area contributed by atoms with E-state index in [1.807, 2.05) is 13.8 Å². The van der Waals surface area contributed by atoms with Gasteiger partial charge < -0.3 is 15.0 Å². The lowest BCUT2D eigenvalue weighted by atomic mass is 10.1. The molecule has 2 aliphatic rings. The number of piperazine rings is 1. The first-order chi connectivity index (χ1) is 9.08. The lowest BCUT2D eigenvalue weighted by Gasteiger charge is -2.32. The summed E-state index contributed by atoms with van der Waals surface area (Å²) in [4.78, 5) is 25.5. The van der Waals surface area contributed by atoms with Crippen molar-refractivity contribution in [3.05, 3.63) is 0 Å². The molecule has 2 fully saturated rings. The van der Waals surface area contributed by atoms with Crippen molar-refractivity contribution in [3.8, 4) is 0 Å². The second kappa shape index (κ2) is 6.37. The Morgan fingerprint density at radius 1 is 1.32 bits per heavy atom. The molecule has 108 valence electrons. The molecule has 1 aliphatic carbocycles. The number of hydrogen-bond acceptors (Lipinski definition) is 3. The Balaban J connectivity index is 1.72. The molecule has 5 nitrogen and oxygen atoms in total. The van der Waals surface area contributed by atoms with E-state index in [1.165, 1.54) is 0 Å². The summed E-state index contributed by atoms with van der Waals surface area (Å²) in [5.74, 6) is 0.463. The van der Waals surface area contributed by atoms with Crippen molar-refractivity contribution < 1.29 is 14.3 Å².